The minimum Gasteiger partial charge on any atom is -0.462 e. The van der Waals surface area contributed by atoms with E-state index in [4.69, 9.17) is 9.47 Å². The third-order valence-corrected chi connectivity index (χ3v) is 13.0. The Morgan fingerprint density at radius 2 is 0.632 bits per heavy atom. The van der Waals surface area contributed by atoms with Crippen LogP contribution < -0.4 is 0 Å². The summed E-state index contributed by atoms with van der Waals surface area (Å²) in [5.41, 5.74) is 0. The zero-order chi connectivity index (χ0) is 49.2. The van der Waals surface area contributed by atoms with E-state index in [0.29, 0.717) is 12.8 Å². The highest BCUT2D eigenvalue weighted by Gasteiger charge is 2.16. The average molecular weight is 950 g/mol. The third-order valence-electron chi connectivity index (χ3n) is 13.0. The molecular weight excluding hydrogens is 837 g/mol. The van der Waals surface area contributed by atoms with Crippen molar-refractivity contribution >= 4 is 11.9 Å². The summed E-state index contributed by atoms with van der Waals surface area (Å²) in [7, 11) is 0. The highest BCUT2D eigenvalue weighted by molar-refractivity contribution is 5.70. The minimum atomic E-state index is -0.770. The Bertz CT molecular complexity index is 1210. The summed E-state index contributed by atoms with van der Waals surface area (Å²) in [5, 5.41) is 9.65. The summed E-state index contributed by atoms with van der Waals surface area (Å²) < 4.78 is 10.7. The molecule has 0 bridgehead atoms. The summed E-state index contributed by atoms with van der Waals surface area (Å²) >= 11 is 0. The number of unbranched alkanes of at least 4 members (excludes halogenated alkanes) is 34. The molecule has 1 atom stereocenters. The van der Waals surface area contributed by atoms with E-state index in [1.807, 2.05) is 0 Å². The summed E-state index contributed by atoms with van der Waals surface area (Å²) in [5.74, 6) is -0.576. The predicted molar refractivity (Wildman–Crippen MR) is 297 cm³/mol. The smallest absolute Gasteiger partial charge is 0.306 e. The fourth-order valence-corrected chi connectivity index (χ4v) is 8.62. The summed E-state index contributed by atoms with van der Waals surface area (Å²) in [6.45, 7) is 4.06. The maximum Gasteiger partial charge on any atom is 0.306 e. The standard InChI is InChI=1S/C63H112O5/c1-3-5-7-9-11-13-15-17-19-21-22-23-24-25-26-27-28-29-30-31-32-33-34-35-36-37-38-39-40-42-44-46-48-50-52-54-56-58-63(66)68-61(59-64)60-67-62(65)57-55-53-51-49-47-45-43-41-20-18-16-14-12-10-8-6-4-2/h5,7,11,13,17,19,22-23,25-26,28-29,61,64H,3-4,6,8-10,12,14-16,18,20-21,24,27,30-60H2,1-2H3/b7-5-,13-11-,19-17-,23-22-,26-25-,29-28-. The lowest BCUT2D eigenvalue weighted by molar-refractivity contribution is -0.161. The van der Waals surface area contributed by atoms with Crippen molar-refractivity contribution < 1.29 is 24.2 Å². The van der Waals surface area contributed by atoms with Crippen molar-refractivity contribution in [2.45, 2.75) is 302 Å². The maximum atomic E-state index is 12.3. The Morgan fingerprint density at radius 1 is 0.353 bits per heavy atom. The van der Waals surface area contributed by atoms with E-state index in [1.165, 1.54) is 193 Å². The van der Waals surface area contributed by atoms with Crippen molar-refractivity contribution in [3.8, 4) is 0 Å². The van der Waals surface area contributed by atoms with E-state index in [9.17, 15) is 14.7 Å². The van der Waals surface area contributed by atoms with Gasteiger partial charge in [0.15, 0.2) is 6.10 Å². The second-order valence-corrected chi connectivity index (χ2v) is 19.7. The van der Waals surface area contributed by atoms with E-state index >= 15 is 0 Å². The topological polar surface area (TPSA) is 72.8 Å². The fourth-order valence-electron chi connectivity index (χ4n) is 8.62. The van der Waals surface area contributed by atoms with Crippen LogP contribution in [-0.2, 0) is 19.1 Å². The first-order chi connectivity index (χ1) is 33.6. The minimum absolute atomic E-state index is 0.0617. The zero-order valence-electron chi connectivity index (χ0n) is 45.1. The summed E-state index contributed by atoms with van der Waals surface area (Å²) in [6.07, 6.45) is 80.3. The van der Waals surface area contributed by atoms with Gasteiger partial charge in [-0.2, -0.15) is 0 Å². The van der Waals surface area contributed by atoms with Crippen molar-refractivity contribution in [1.29, 1.82) is 0 Å². The largest absolute Gasteiger partial charge is 0.462 e. The molecule has 0 saturated carbocycles. The average Bonchev–Trinajstić information content (AvgIpc) is 3.34. The molecule has 5 heteroatoms. The molecule has 0 aromatic heterocycles. The van der Waals surface area contributed by atoms with E-state index in [-0.39, 0.29) is 25.2 Å². The van der Waals surface area contributed by atoms with Gasteiger partial charge in [0.05, 0.1) is 6.61 Å². The molecule has 0 aromatic carbocycles. The monoisotopic (exact) mass is 949 g/mol. The van der Waals surface area contributed by atoms with Crippen LogP contribution in [0.2, 0.25) is 0 Å². The summed E-state index contributed by atoms with van der Waals surface area (Å²) in [4.78, 5) is 24.5. The molecule has 0 rings (SSSR count). The van der Waals surface area contributed by atoms with Gasteiger partial charge >= 0.3 is 11.9 Å². The Labute approximate surface area is 423 Å². The summed E-state index contributed by atoms with van der Waals surface area (Å²) in [6, 6.07) is 0. The Hall–Kier alpha value is -2.66. The van der Waals surface area contributed by atoms with E-state index < -0.39 is 6.10 Å². The maximum absolute atomic E-state index is 12.3. The highest BCUT2D eigenvalue weighted by Crippen LogP contribution is 2.17. The number of carbonyl (C=O) groups is 2. The SMILES string of the molecule is CC/C=C\C/C=C\C/C=C\C/C=C\C/C=C\C/C=C\CCCCCCCCCCCCCCCCCCCCC(=O)OC(CO)COC(=O)CCCCCCCCCCCCCCCCCCC. The lowest BCUT2D eigenvalue weighted by Gasteiger charge is -2.15. The van der Waals surface area contributed by atoms with Gasteiger partial charge < -0.3 is 14.6 Å². The number of aliphatic hydroxyl groups is 1. The Balaban J connectivity index is 3.44. The van der Waals surface area contributed by atoms with Gasteiger partial charge in [0.25, 0.3) is 0 Å². The molecule has 0 fully saturated rings. The zero-order valence-corrected chi connectivity index (χ0v) is 45.1. The molecule has 1 N–H and O–H groups in total. The molecule has 68 heavy (non-hydrogen) atoms. The Morgan fingerprint density at radius 3 is 0.956 bits per heavy atom. The second kappa shape index (κ2) is 58.7. The molecule has 0 aromatic rings. The first kappa shape index (κ1) is 65.3. The number of rotatable bonds is 54. The molecule has 0 heterocycles. The number of hydrogen-bond donors (Lipinski definition) is 1. The van der Waals surface area contributed by atoms with Gasteiger partial charge in [-0.25, -0.2) is 0 Å². The van der Waals surface area contributed by atoms with Crippen LogP contribution in [0.1, 0.15) is 296 Å². The van der Waals surface area contributed by atoms with Crippen LogP contribution in [0.25, 0.3) is 0 Å². The second-order valence-electron chi connectivity index (χ2n) is 19.7. The van der Waals surface area contributed by atoms with Crippen LogP contribution >= 0.6 is 0 Å². The molecule has 0 amide bonds. The number of aliphatic hydroxyl groups excluding tert-OH is 1. The lowest BCUT2D eigenvalue weighted by Crippen LogP contribution is -2.28. The number of allylic oxidation sites excluding steroid dienone is 12. The molecule has 0 radical (unpaired) electrons. The molecule has 394 valence electrons. The Kier molecular flexibility index (Phi) is 56.4. The van der Waals surface area contributed by atoms with Crippen LogP contribution in [0.5, 0.6) is 0 Å². The molecule has 1 unspecified atom stereocenters. The van der Waals surface area contributed by atoms with Crippen molar-refractivity contribution in [1.82, 2.24) is 0 Å². The van der Waals surface area contributed by atoms with Gasteiger partial charge in [-0.3, -0.25) is 9.59 Å². The molecular formula is C63H112O5. The van der Waals surface area contributed by atoms with Crippen molar-refractivity contribution in [2.75, 3.05) is 13.2 Å². The number of esters is 2. The molecule has 0 aliphatic heterocycles. The van der Waals surface area contributed by atoms with Crippen molar-refractivity contribution in [3.05, 3.63) is 72.9 Å². The van der Waals surface area contributed by atoms with E-state index in [2.05, 4.69) is 86.8 Å². The number of carbonyl (C=O) groups excluding carboxylic acids is 2. The van der Waals surface area contributed by atoms with Gasteiger partial charge in [-0.05, 0) is 64.2 Å². The van der Waals surface area contributed by atoms with Crippen molar-refractivity contribution in [2.24, 2.45) is 0 Å². The first-order valence-corrected chi connectivity index (χ1v) is 29.5. The fraction of sp³-hybridized carbons (Fsp3) is 0.778. The van der Waals surface area contributed by atoms with Crippen LogP contribution in [0, 0.1) is 0 Å². The van der Waals surface area contributed by atoms with Crippen LogP contribution in [0.4, 0.5) is 0 Å². The molecule has 0 saturated heterocycles. The van der Waals surface area contributed by atoms with Gasteiger partial charge in [0.1, 0.15) is 6.61 Å². The van der Waals surface area contributed by atoms with Gasteiger partial charge in [0, 0.05) is 12.8 Å². The lowest BCUT2D eigenvalue weighted by atomic mass is 10.0. The van der Waals surface area contributed by atoms with Gasteiger partial charge in [-0.1, -0.05) is 292 Å². The van der Waals surface area contributed by atoms with Crippen LogP contribution in [0.15, 0.2) is 72.9 Å². The normalized spacial score (nSPS) is 12.7. The third kappa shape index (κ3) is 55.9. The van der Waals surface area contributed by atoms with Gasteiger partial charge in [0.2, 0.25) is 0 Å². The van der Waals surface area contributed by atoms with E-state index in [1.54, 1.807) is 0 Å². The van der Waals surface area contributed by atoms with Crippen LogP contribution in [-0.4, -0.2) is 36.4 Å². The molecule has 0 aliphatic carbocycles. The molecule has 0 aliphatic rings. The molecule has 5 nitrogen and oxygen atoms in total. The van der Waals surface area contributed by atoms with Gasteiger partial charge in [-0.15, -0.1) is 0 Å². The quantitative estimate of drug-likeness (QED) is 0.0374. The first-order valence-electron chi connectivity index (χ1n) is 29.5. The van der Waals surface area contributed by atoms with E-state index in [0.717, 1.165) is 77.0 Å². The predicted octanol–water partition coefficient (Wildman–Crippen LogP) is 20.0. The number of ether oxygens (including phenoxy) is 2. The number of hydrogen-bond acceptors (Lipinski definition) is 5. The molecule has 0 spiro atoms. The van der Waals surface area contributed by atoms with Crippen LogP contribution in [0.3, 0.4) is 0 Å². The van der Waals surface area contributed by atoms with Crippen molar-refractivity contribution in [3.63, 3.8) is 0 Å². The highest BCUT2D eigenvalue weighted by atomic mass is 16.6.